The molecular weight excluding hydrogens is 309 g/mol. The van der Waals surface area contributed by atoms with E-state index in [4.69, 9.17) is 0 Å². The molecule has 1 heterocycles. The zero-order chi connectivity index (χ0) is 14.9. The van der Waals surface area contributed by atoms with Crippen molar-refractivity contribution < 1.29 is 12.8 Å². The van der Waals surface area contributed by atoms with E-state index >= 15 is 0 Å². The molecule has 2 aromatic rings. The molecule has 0 unspecified atom stereocenters. The summed E-state index contributed by atoms with van der Waals surface area (Å²) < 4.78 is 40.1. The monoisotopic (exact) mass is 323 g/mol. The molecule has 0 fully saturated rings. The van der Waals surface area contributed by atoms with Gasteiger partial charge in [0.1, 0.15) is 5.82 Å². The Hall–Kier alpha value is -1.53. The molecule has 3 rings (SSSR count). The molecule has 0 saturated carbocycles. The van der Waals surface area contributed by atoms with Crippen molar-refractivity contribution in [2.75, 3.05) is 16.6 Å². The molecule has 6 heteroatoms. The molecular formula is C15H14FNO2S2. The van der Waals surface area contributed by atoms with Crippen LogP contribution in [0.1, 0.15) is 6.42 Å². The van der Waals surface area contributed by atoms with E-state index in [1.165, 1.54) is 28.6 Å². The van der Waals surface area contributed by atoms with E-state index in [9.17, 15) is 12.8 Å². The third-order valence-corrected chi connectivity index (χ3v) is 6.28. The Morgan fingerprint density at radius 2 is 1.76 bits per heavy atom. The highest BCUT2D eigenvalue weighted by Gasteiger charge is 2.28. The molecule has 1 aliphatic heterocycles. The molecule has 0 bridgehead atoms. The fraction of sp³-hybridized carbons (Fsp3) is 0.200. The van der Waals surface area contributed by atoms with Crippen molar-refractivity contribution in [1.29, 1.82) is 0 Å². The van der Waals surface area contributed by atoms with Crippen LogP contribution in [0, 0.1) is 5.82 Å². The highest BCUT2D eigenvalue weighted by Crippen LogP contribution is 2.36. The number of nitrogens with zero attached hydrogens (tertiary/aromatic N) is 1. The van der Waals surface area contributed by atoms with Gasteiger partial charge < -0.3 is 0 Å². The molecule has 3 nitrogen and oxygen atoms in total. The van der Waals surface area contributed by atoms with Crippen LogP contribution in [0.3, 0.4) is 0 Å². The summed E-state index contributed by atoms with van der Waals surface area (Å²) in [7, 11) is -3.66. The fourth-order valence-corrected chi connectivity index (χ4v) is 4.85. The molecule has 0 N–H and O–H groups in total. The third-order valence-electron chi connectivity index (χ3n) is 3.30. The van der Waals surface area contributed by atoms with Crippen molar-refractivity contribution in [2.24, 2.45) is 0 Å². The number of halogens is 1. The Labute approximate surface area is 127 Å². The Kier molecular flexibility index (Phi) is 3.91. The van der Waals surface area contributed by atoms with Crippen LogP contribution in [0.25, 0.3) is 0 Å². The molecule has 21 heavy (non-hydrogen) atoms. The lowest BCUT2D eigenvalue weighted by atomic mass is 10.3. The van der Waals surface area contributed by atoms with Gasteiger partial charge in [0, 0.05) is 11.4 Å². The molecule has 0 radical (unpaired) electrons. The van der Waals surface area contributed by atoms with Gasteiger partial charge in [-0.3, -0.25) is 4.31 Å². The van der Waals surface area contributed by atoms with Gasteiger partial charge in [0.15, 0.2) is 0 Å². The number of benzene rings is 2. The highest BCUT2D eigenvalue weighted by atomic mass is 32.2. The SMILES string of the molecule is O=S(=O)(c1ccc(F)cc1)N1CCCSc2ccccc21. The fourth-order valence-electron chi connectivity index (χ4n) is 2.28. The van der Waals surface area contributed by atoms with Crippen LogP contribution in [-0.2, 0) is 10.0 Å². The van der Waals surface area contributed by atoms with Crippen LogP contribution in [0.4, 0.5) is 10.1 Å². The third kappa shape index (κ3) is 2.78. The van der Waals surface area contributed by atoms with Gasteiger partial charge in [-0.15, -0.1) is 11.8 Å². The minimum absolute atomic E-state index is 0.116. The maximum atomic E-state index is 13.0. The zero-order valence-corrected chi connectivity index (χ0v) is 12.8. The summed E-state index contributed by atoms with van der Waals surface area (Å²) in [5.74, 6) is 0.438. The van der Waals surface area contributed by atoms with E-state index in [0.717, 1.165) is 17.1 Å². The van der Waals surface area contributed by atoms with Gasteiger partial charge in [-0.05, 0) is 48.6 Å². The summed E-state index contributed by atoms with van der Waals surface area (Å²) in [6, 6.07) is 12.4. The van der Waals surface area contributed by atoms with E-state index in [-0.39, 0.29) is 4.90 Å². The van der Waals surface area contributed by atoms with Crippen molar-refractivity contribution in [3.05, 3.63) is 54.3 Å². The molecule has 0 saturated heterocycles. The van der Waals surface area contributed by atoms with E-state index < -0.39 is 15.8 Å². The summed E-state index contributed by atoms with van der Waals surface area (Å²) in [5, 5.41) is 0. The average Bonchev–Trinajstić information content (AvgIpc) is 2.70. The molecule has 0 amide bonds. The number of fused-ring (bicyclic) bond motifs is 1. The van der Waals surface area contributed by atoms with Crippen molar-refractivity contribution >= 4 is 27.5 Å². The number of rotatable bonds is 2. The Morgan fingerprint density at radius 1 is 1.05 bits per heavy atom. The standard InChI is InChI=1S/C15H14FNO2S2/c16-12-6-8-13(9-7-12)21(18,19)17-10-3-11-20-15-5-2-1-4-14(15)17/h1-2,4-9H,3,10-11H2. The Balaban J connectivity index is 2.08. The van der Waals surface area contributed by atoms with Crippen LogP contribution < -0.4 is 4.31 Å². The van der Waals surface area contributed by atoms with Gasteiger partial charge in [-0.25, -0.2) is 12.8 Å². The summed E-state index contributed by atoms with van der Waals surface area (Å²) in [6.45, 7) is 0.434. The van der Waals surface area contributed by atoms with Crippen molar-refractivity contribution in [3.63, 3.8) is 0 Å². The lowest BCUT2D eigenvalue weighted by molar-refractivity contribution is 0.589. The van der Waals surface area contributed by atoms with E-state index in [1.807, 2.05) is 24.3 Å². The highest BCUT2D eigenvalue weighted by molar-refractivity contribution is 7.99. The Bertz CT molecular complexity index is 745. The van der Waals surface area contributed by atoms with Crippen molar-refractivity contribution in [2.45, 2.75) is 16.2 Å². The molecule has 1 aliphatic rings. The molecule has 110 valence electrons. The number of sulfonamides is 1. The molecule has 2 aromatic carbocycles. The van der Waals surface area contributed by atoms with Gasteiger partial charge in [0.05, 0.1) is 10.6 Å². The number of thioether (sulfide) groups is 1. The Morgan fingerprint density at radius 3 is 2.52 bits per heavy atom. The van der Waals surface area contributed by atoms with Gasteiger partial charge in [-0.2, -0.15) is 0 Å². The minimum Gasteiger partial charge on any atom is -0.265 e. The smallest absolute Gasteiger partial charge is 0.264 e. The molecule has 0 aliphatic carbocycles. The lowest BCUT2D eigenvalue weighted by Crippen LogP contribution is -2.31. The van der Waals surface area contributed by atoms with Crippen molar-refractivity contribution in [3.8, 4) is 0 Å². The van der Waals surface area contributed by atoms with E-state index in [0.29, 0.717) is 12.2 Å². The van der Waals surface area contributed by atoms with Gasteiger partial charge in [-0.1, -0.05) is 12.1 Å². The largest absolute Gasteiger partial charge is 0.265 e. The molecule has 0 atom stereocenters. The second-order valence-corrected chi connectivity index (χ2v) is 7.70. The van der Waals surface area contributed by atoms with Crippen LogP contribution >= 0.6 is 11.8 Å². The topological polar surface area (TPSA) is 37.4 Å². The summed E-state index contributed by atoms with van der Waals surface area (Å²) >= 11 is 1.66. The van der Waals surface area contributed by atoms with Crippen LogP contribution in [0.5, 0.6) is 0 Å². The number of hydrogen-bond acceptors (Lipinski definition) is 3. The zero-order valence-electron chi connectivity index (χ0n) is 11.2. The first-order valence-corrected chi connectivity index (χ1v) is 9.02. The maximum absolute atomic E-state index is 13.0. The first kappa shape index (κ1) is 14.4. The maximum Gasteiger partial charge on any atom is 0.264 e. The van der Waals surface area contributed by atoms with Crippen LogP contribution in [0.15, 0.2) is 58.3 Å². The summed E-state index contributed by atoms with van der Waals surface area (Å²) in [6.07, 6.45) is 0.778. The molecule has 0 spiro atoms. The first-order valence-electron chi connectivity index (χ1n) is 6.59. The predicted molar refractivity (Wildman–Crippen MR) is 82.7 cm³/mol. The first-order chi connectivity index (χ1) is 10.1. The van der Waals surface area contributed by atoms with Crippen molar-refractivity contribution in [1.82, 2.24) is 0 Å². The van der Waals surface area contributed by atoms with Gasteiger partial charge >= 0.3 is 0 Å². The number of para-hydroxylation sites is 1. The second-order valence-electron chi connectivity index (χ2n) is 4.70. The summed E-state index contributed by atoms with van der Waals surface area (Å²) in [4.78, 5) is 1.08. The minimum atomic E-state index is -3.66. The quantitative estimate of drug-likeness (QED) is 0.848. The normalized spacial score (nSPS) is 15.4. The van der Waals surface area contributed by atoms with Crippen LogP contribution in [-0.4, -0.2) is 20.7 Å². The van der Waals surface area contributed by atoms with E-state index in [1.54, 1.807) is 11.8 Å². The lowest BCUT2D eigenvalue weighted by Gasteiger charge is -2.24. The van der Waals surface area contributed by atoms with Gasteiger partial charge in [0.2, 0.25) is 0 Å². The van der Waals surface area contributed by atoms with Crippen LogP contribution in [0.2, 0.25) is 0 Å². The number of hydrogen-bond donors (Lipinski definition) is 0. The van der Waals surface area contributed by atoms with Gasteiger partial charge in [0.25, 0.3) is 10.0 Å². The van der Waals surface area contributed by atoms with E-state index in [2.05, 4.69) is 0 Å². The second kappa shape index (κ2) is 5.69. The summed E-state index contributed by atoms with van der Waals surface area (Å²) in [5.41, 5.74) is 0.698. The molecule has 0 aromatic heterocycles. The number of anilines is 1. The average molecular weight is 323 g/mol. The predicted octanol–water partition coefficient (Wildman–Crippen LogP) is 3.52.